The molecule has 20 heavy (non-hydrogen) atoms. The first-order chi connectivity index (χ1) is 9.65. The normalized spacial score (nSPS) is 10.8. The maximum absolute atomic E-state index is 11.7. The number of hydrogen-bond donors (Lipinski definition) is 1. The topological polar surface area (TPSA) is 34.9 Å². The summed E-state index contributed by atoms with van der Waals surface area (Å²) >= 11 is 4.15. The smallest absolute Gasteiger partial charge is 0.204 e. The number of benzene rings is 1. The summed E-state index contributed by atoms with van der Waals surface area (Å²) in [6, 6.07) is 9.98. The third-order valence-electron chi connectivity index (χ3n) is 3.33. The van der Waals surface area contributed by atoms with Gasteiger partial charge in [0.1, 0.15) is 5.69 Å². The Bertz CT molecular complexity index is 632. The van der Waals surface area contributed by atoms with Gasteiger partial charge in [-0.25, -0.2) is 4.68 Å². The predicted molar refractivity (Wildman–Crippen MR) is 85.9 cm³/mol. The first kappa shape index (κ1) is 14.9. The van der Waals surface area contributed by atoms with Gasteiger partial charge in [0.2, 0.25) is 5.43 Å². The van der Waals surface area contributed by atoms with Gasteiger partial charge in [0, 0.05) is 17.5 Å². The number of aryl methyl sites for hydroxylation is 2. The molecule has 0 aliphatic carbocycles. The van der Waals surface area contributed by atoms with Crippen molar-refractivity contribution < 1.29 is 0 Å². The van der Waals surface area contributed by atoms with Crippen molar-refractivity contribution in [2.75, 3.05) is 0 Å². The standard InChI is InChI=1S/C16H20N2OS/c1-3-4-5-13-6-8-14(9-7-13)18-12(2)10-16(19)15(11-20)17-18/h6-10,20H,3-5,11H2,1-2H3. The van der Waals surface area contributed by atoms with Crippen LogP contribution in [-0.4, -0.2) is 9.78 Å². The highest BCUT2D eigenvalue weighted by Crippen LogP contribution is 2.12. The van der Waals surface area contributed by atoms with E-state index in [1.165, 1.54) is 18.4 Å². The molecule has 3 nitrogen and oxygen atoms in total. The third kappa shape index (κ3) is 3.31. The molecule has 106 valence electrons. The molecule has 0 N–H and O–H groups in total. The van der Waals surface area contributed by atoms with E-state index in [2.05, 4.69) is 48.9 Å². The first-order valence-electron chi connectivity index (χ1n) is 6.95. The fraction of sp³-hybridized carbons (Fsp3) is 0.375. The molecule has 0 aliphatic rings. The SMILES string of the molecule is CCCCc1ccc(-n2nc(CS)c(=O)cc2C)cc1. The van der Waals surface area contributed by atoms with Crippen LogP contribution in [-0.2, 0) is 12.2 Å². The minimum absolute atomic E-state index is 0.0479. The number of unbranched alkanes of at least 4 members (excludes halogenated alkanes) is 1. The predicted octanol–water partition coefficient (Wildman–Crippen LogP) is 3.31. The molecule has 2 rings (SSSR count). The van der Waals surface area contributed by atoms with Crippen LogP contribution in [0, 0.1) is 6.92 Å². The molecule has 1 aromatic carbocycles. The molecule has 0 radical (unpaired) electrons. The van der Waals surface area contributed by atoms with Crippen molar-refractivity contribution in [3.63, 3.8) is 0 Å². The van der Waals surface area contributed by atoms with Gasteiger partial charge in [-0.1, -0.05) is 25.5 Å². The molecule has 1 aromatic heterocycles. The molecule has 1 heterocycles. The lowest BCUT2D eigenvalue weighted by atomic mass is 10.1. The Morgan fingerprint density at radius 1 is 1.25 bits per heavy atom. The van der Waals surface area contributed by atoms with Crippen LogP contribution >= 0.6 is 12.6 Å². The van der Waals surface area contributed by atoms with Crippen LogP contribution in [0.1, 0.15) is 36.7 Å². The van der Waals surface area contributed by atoms with E-state index < -0.39 is 0 Å². The lowest BCUT2D eigenvalue weighted by Crippen LogP contribution is -2.17. The fourth-order valence-electron chi connectivity index (χ4n) is 2.14. The van der Waals surface area contributed by atoms with Crippen LogP contribution in [0.3, 0.4) is 0 Å². The Balaban J connectivity index is 2.34. The van der Waals surface area contributed by atoms with Gasteiger partial charge in [-0.05, 0) is 37.5 Å². The number of aromatic nitrogens is 2. The molecular formula is C16H20N2OS. The number of hydrogen-bond acceptors (Lipinski definition) is 3. The molecule has 4 heteroatoms. The number of rotatable bonds is 5. The highest BCUT2D eigenvalue weighted by Gasteiger charge is 2.06. The van der Waals surface area contributed by atoms with Crippen molar-refractivity contribution >= 4 is 12.6 Å². The summed E-state index contributed by atoms with van der Waals surface area (Å²) in [5, 5.41) is 4.38. The van der Waals surface area contributed by atoms with Crippen LogP contribution in [0.5, 0.6) is 0 Å². The van der Waals surface area contributed by atoms with E-state index in [1.807, 2.05) is 6.92 Å². The molecule has 0 fully saturated rings. The minimum atomic E-state index is -0.0479. The quantitative estimate of drug-likeness (QED) is 0.857. The molecular weight excluding hydrogens is 268 g/mol. The Morgan fingerprint density at radius 3 is 2.55 bits per heavy atom. The maximum atomic E-state index is 11.7. The van der Waals surface area contributed by atoms with E-state index >= 15 is 0 Å². The molecule has 0 atom stereocenters. The average Bonchev–Trinajstić information content (AvgIpc) is 2.46. The Hall–Kier alpha value is -1.55. The van der Waals surface area contributed by atoms with Gasteiger partial charge in [-0.3, -0.25) is 4.79 Å². The average molecular weight is 288 g/mol. The fourth-order valence-corrected chi connectivity index (χ4v) is 2.36. The van der Waals surface area contributed by atoms with Crippen LogP contribution in [0.15, 0.2) is 35.1 Å². The summed E-state index contributed by atoms with van der Waals surface area (Å²) in [6.45, 7) is 4.09. The maximum Gasteiger partial charge on any atom is 0.204 e. The van der Waals surface area contributed by atoms with Gasteiger partial charge in [0.25, 0.3) is 0 Å². The minimum Gasteiger partial charge on any atom is -0.288 e. The zero-order valence-corrected chi connectivity index (χ0v) is 12.9. The van der Waals surface area contributed by atoms with E-state index in [0.717, 1.165) is 17.8 Å². The van der Waals surface area contributed by atoms with Crippen LogP contribution in [0.4, 0.5) is 0 Å². The summed E-state index contributed by atoms with van der Waals surface area (Å²) in [4.78, 5) is 11.7. The van der Waals surface area contributed by atoms with E-state index in [4.69, 9.17) is 0 Å². The van der Waals surface area contributed by atoms with E-state index in [0.29, 0.717) is 11.4 Å². The number of nitrogens with zero attached hydrogens (tertiary/aromatic N) is 2. The molecule has 0 saturated heterocycles. The summed E-state index contributed by atoms with van der Waals surface area (Å²) in [5.41, 5.74) is 3.58. The Kier molecular flexibility index (Phi) is 5.01. The Morgan fingerprint density at radius 2 is 1.95 bits per heavy atom. The first-order valence-corrected chi connectivity index (χ1v) is 7.59. The highest BCUT2D eigenvalue weighted by molar-refractivity contribution is 7.79. The van der Waals surface area contributed by atoms with Crippen molar-refractivity contribution in [1.82, 2.24) is 9.78 Å². The van der Waals surface area contributed by atoms with Crippen molar-refractivity contribution in [1.29, 1.82) is 0 Å². The van der Waals surface area contributed by atoms with Crippen molar-refractivity contribution in [3.8, 4) is 5.69 Å². The monoisotopic (exact) mass is 288 g/mol. The van der Waals surface area contributed by atoms with Crippen molar-refractivity contribution in [3.05, 3.63) is 57.5 Å². The lowest BCUT2D eigenvalue weighted by Gasteiger charge is -2.11. The van der Waals surface area contributed by atoms with Gasteiger partial charge in [0.15, 0.2) is 0 Å². The van der Waals surface area contributed by atoms with Crippen LogP contribution in [0.2, 0.25) is 0 Å². The van der Waals surface area contributed by atoms with Gasteiger partial charge >= 0.3 is 0 Å². The molecule has 0 unspecified atom stereocenters. The van der Waals surface area contributed by atoms with Crippen LogP contribution in [0.25, 0.3) is 5.69 Å². The second kappa shape index (κ2) is 6.75. The third-order valence-corrected chi connectivity index (χ3v) is 3.63. The van der Waals surface area contributed by atoms with E-state index in [9.17, 15) is 4.79 Å². The molecule has 0 aliphatic heterocycles. The van der Waals surface area contributed by atoms with Gasteiger partial charge in [0.05, 0.1) is 5.69 Å². The van der Waals surface area contributed by atoms with Crippen molar-refractivity contribution in [2.45, 2.75) is 38.9 Å². The lowest BCUT2D eigenvalue weighted by molar-refractivity contribution is 0.770. The summed E-state index contributed by atoms with van der Waals surface area (Å²) < 4.78 is 1.80. The van der Waals surface area contributed by atoms with E-state index in [-0.39, 0.29) is 5.43 Å². The molecule has 0 spiro atoms. The number of thiol groups is 1. The molecule has 0 amide bonds. The van der Waals surface area contributed by atoms with Crippen molar-refractivity contribution in [2.24, 2.45) is 0 Å². The van der Waals surface area contributed by atoms with Crippen LogP contribution < -0.4 is 5.43 Å². The highest BCUT2D eigenvalue weighted by atomic mass is 32.1. The zero-order valence-electron chi connectivity index (χ0n) is 12.0. The summed E-state index contributed by atoms with van der Waals surface area (Å²) in [7, 11) is 0. The summed E-state index contributed by atoms with van der Waals surface area (Å²) in [5.74, 6) is 0.355. The summed E-state index contributed by atoms with van der Waals surface area (Å²) in [6.07, 6.45) is 3.52. The second-order valence-electron chi connectivity index (χ2n) is 4.94. The van der Waals surface area contributed by atoms with E-state index in [1.54, 1.807) is 10.7 Å². The Labute approximate surface area is 125 Å². The van der Waals surface area contributed by atoms with Gasteiger partial charge in [-0.15, -0.1) is 0 Å². The van der Waals surface area contributed by atoms with Gasteiger partial charge in [-0.2, -0.15) is 17.7 Å². The molecule has 0 saturated carbocycles. The zero-order chi connectivity index (χ0) is 14.5. The largest absolute Gasteiger partial charge is 0.288 e. The molecule has 2 aromatic rings. The van der Waals surface area contributed by atoms with Gasteiger partial charge < -0.3 is 0 Å². The second-order valence-corrected chi connectivity index (χ2v) is 5.25. The molecule has 0 bridgehead atoms.